The number of hydrogen-bond donors (Lipinski definition) is 1. The van der Waals surface area contributed by atoms with Gasteiger partial charge in [-0.25, -0.2) is 0 Å². The first-order chi connectivity index (χ1) is 8.76. The van der Waals surface area contributed by atoms with E-state index in [0.717, 1.165) is 13.0 Å². The minimum atomic E-state index is 0.114. The first kappa shape index (κ1) is 17.4. The minimum absolute atomic E-state index is 0.114. The molecule has 0 aromatic carbocycles. The van der Waals surface area contributed by atoms with Gasteiger partial charge in [0.25, 0.3) is 0 Å². The fraction of sp³-hybridized carbons (Fsp3) is 0.923. The first-order valence-corrected chi connectivity index (χ1v) is 6.90. The van der Waals surface area contributed by atoms with Gasteiger partial charge in [0.1, 0.15) is 0 Å². The van der Waals surface area contributed by atoms with E-state index in [1.807, 2.05) is 13.8 Å². The van der Waals surface area contributed by atoms with Crippen LogP contribution >= 0.6 is 0 Å². The predicted octanol–water partition coefficient (Wildman–Crippen LogP) is 0.888. The molecule has 0 aliphatic rings. The van der Waals surface area contributed by atoms with Gasteiger partial charge >= 0.3 is 0 Å². The van der Waals surface area contributed by atoms with E-state index in [-0.39, 0.29) is 5.91 Å². The van der Waals surface area contributed by atoms with Gasteiger partial charge in [-0.1, -0.05) is 6.92 Å². The number of rotatable bonds is 12. The monoisotopic (exact) mass is 260 g/mol. The molecule has 0 saturated carbocycles. The summed E-state index contributed by atoms with van der Waals surface area (Å²) in [4.78, 5) is 13.8. The minimum Gasteiger partial charge on any atom is -0.380 e. The van der Waals surface area contributed by atoms with Gasteiger partial charge < -0.3 is 19.7 Å². The Bertz CT molecular complexity index is 191. The zero-order chi connectivity index (χ0) is 13.6. The van der Waals surface area contributed by atoms with Gasteiger partial charge in [0, 0.05) is 26.3 Å². The Labute approximate surface area is 111 Å². The molecule has 0 aromatic rings. The van der Waals surface area contributed by atoms with Gasteiger partial charge in [-0.15, -0.1) is 0 Å². The molecule has 0 saturated heterocycles. The summed E-state index contributed by atoms with van der Waals surface area (Å²) in [5.41, 5.74) is 0. The fourth-order valence-electron chi connectivity index (χ4n) is 1.48. The quantitative estimate of drug-likeness (QED) is 0.529. The van der Waals surface area contributed by atoms with Crippen LogP contribution in [0.25, 0.3) is 0 Å². The van der Waals surface area contributed by atoms with E-state index in [2.05, 4.69) is 12.2 Å². The number of carbonyl (C=O) groups excluding carboxylic acids is 1. The van der Waals surface area contributed by atoms with Crippen LogP contribution in [-0.4, -0.2) is 63.4 Å². The van der Waals surface area contributed by atoms with Crippen molar-refractivity contribution in [2.75, 3.05) is 52.6 Å². The number of nitrogens with one attached hydrogen (secondary N) is 1. The second kappa shape index (κ2) is 12.8. The number of ether oxygens (including phenoxy) is 2. The van der Waals surface area contributed by atoms with Crippen molar-refractivity contribution < 1.29 is 14.3 Å². The highest BCUT2D eigenvalue weighted by Gasteiger charge is 2.12. The Morgan fingerprint density at radius 2 is 1.61 bits per heavy atom. The lowest BCUT2D eigenvalue weighted by Gasteiger charge is -2.22. The molecule has 1 N–H and O–H groups in total. The Morgan fingerprint density at radius 3 is 2.06 bits per heavy atom. The van der Waals surface area contributed by atoms with E-state index in [0.29, 0.717) is 46.1 Å². The summed E-state index contributed by atoms with van der Waals surface area (Å²) in [6.07, 6.45) is 1.03. The molecule has 0 aromatic heterocycles. The molecule has 18 heavy (non-hydrogen) atoms. The molecule has 0 fully saturated rings. The maximum Gasteiger partial charge on any atom is 0.236 e. The van der Waals surface area contributed by atoms with Crippen molar-refractivity contribution in [2.24, 2.45) is 0 Å². The molecule has 0 rings (SSSR count). The molecule has 0 radical (unpaired) electrons. The average Bonchev–Trinajstić information content (AvgIpc) is 2.37. The van der Waals surface area contributed by atoms with Gasteiger partial charge in [0.05, 0.1) is 19.8 Å². The lowest BCUT2D eigenvalue weighted by Crippen LogP contribution is -2.42. The largest absolute Gasteiger partial charge is 0.380 e. The molecule has 0 atom stereocenters. The van der Waals surface area contributed by atoms with Crippen LogP contribution in [0.5, 0.6) is 0 Å². The Kier molecular flexibility index (Phi) is 12.3. The Morgan fingerprint density at radius 1 is 1.06 bits per heavy atom. The van der Waals surface area contributed by atoms with E-state index in [1.165, 1.54) is 0 Å². The SMILES string of the molecule is CCCNCC(=O)N(CCOCC)CCOCC. The number of hydrogen-bond acceptors (Lipinski definition) is 4. The van der Waals surface area contributed by atoms with Gasteiger partial charge in [0.15, 0.2) is 0 Å². The molecule has 0 aliphatic heterocycles. The third-order valence-corrected chi connectivity index (χ3v) is 2.48. The van der Waals surface area contributed by atoms with Gasteiger partial charge in [-0.05, 0) is 26.8 Å². The fourth-order valence-corrected chi connectivity index (χ4v) is 1.48. The van der Waals surface area contributed by atoms with Crippen LogP contribution in [0.2, 0.25) is 0 Å². The van der Waals surface area contributed by atoms with Crippen molar-refractivity contribution in [3.8, 4) is 0 Å². The standard InChI is InChI=1S/C13H28N2O3/c1-4-7-14-12-13(16)15(8-10-17-5-2)9-11-18-6-3/h14H,4-12H2,1-3H3. The van der Waals surface area contributed by atoms with Crippen molar-refractivity contribution in [2.45, 2.75) is 27.2 Å². The van der Waals surface area contributed by atoms with E-state index < -0.39 is 0 Å². The van der Waals surface area contributed by atoms with Crippen molar-refractivity contribution in [1.82, 2.24) is 10.2 Å². The lowest BCUT2D eigenvalue weighted by molar-refractivity contribution is -0.131. The predicted molar refractivity (Wildman–Crippen MR) is 72.7 cm³/mol. The number of amides is 1. The van der Waals surface area contributed by atoms with E-state index in [9.17, 15) is 4.79 Å². The highest BCUT2D eigenvalue weighted by atomic mass is 16.5. The van der Waals surface area contributed by atoms with Crippen LogP contribution in [-0.2, 0) is 14.3 Å². The van der Waals surface area contributed by atoms with Crippen LogP contribution in [0.4, 0.5) is 0 Å². The van der Waals surface area contributed by atoms with Crippen LogP contribution in [0.1, 0.15) is 27.2 Å². The summed E-state index contributed by atoms with van der Waals surface area (Å²) >= 11 is 0. The highest BCUT2D eigenvalue weighted by molar-refractivity contribution is 5.78. The van der Waals surface area contributed by atoms with E-state index in [4.69, 9.17) is 9.47 Å². The summed E-state index contributed by atoms with van der Waals surface area (Å²) < 4.78 is 10.6. The molecule has 0 aliphatic carbocycles. The van der Waals surface area contributed by atoms with Crippen molar-refractivity contribution in [3.63, 3.8) is 0 Å². The number of nitrogens with zero attached hydrogens (tertiary/aromatic N) is 1. The van der Waals surface area contributed by atoms with Gasteiger partial charge in [0.2, 0.25) is 5.91 Å². The summed E-state index contributed by atoms with van der Waals surface area (Å²) in [6, 6.07) is 0. The lowest BCUT2D eigenvalue weighted by atomic mass is 10.4. The zero-order valence-corrected chi connectivity index (χ0v) is 12.0. The summed E-state index contributed by atoms with van der Waals surface area (Å²) in [5, 5.41) is 3.12. The van der Waals surface area contributed by atoms with Gasteiger partial charge in [-0.2, -0.15) is 0 Å². The molecule has 0 bridgehead atoms. The van der Waals surface area contributed by atoms with Crippen molar-refractivity contribution in [3.05, 3.63) is 0 Å². The Balaban J connectivity index is 3.95. The average molecular weight is 260 g/mol. The van der Waals surface area contributed by atoms with Crippen LogP contribution in [0.15, 0.2) is 0 Å². The molecule has 108 valence electrons. The summed E-state index contributed by atoms with van der Waals surface area (Å²) in [6.45, 7) is 11.1. The molecule has 1 amide bonds. The smallest absolute Gasteiger partial charge is 0.236 e. The van der Waals surface area contributed by atoms with Crippen molar-refractivity contribution >= 4 is 5.91 Å². The Hall–Kier alpha value is -0.650. The molecular weight excluding hydrogens is 232 g/mol. The molecule has 5 heteroatoms. The third-order valence-electron chi connectivity index (χ3n) is 2.48. The van der Waals surface area contributed by atoms with Gasteiger partial charge in [-0.3, -0.25) is 4.79 Å². The van der Waals surface area contributed by atoms with Crippen LogP contribution in [0.3, 0.4) is 0 Å². The van der Waals surface area contributed by atoms with Crippen LogP contribution < -0.4 is 5.32 Å². The molecular formula is C13H28N2O3. The second-order valence-corrected chi connectivity index (χ2v) is 3.95. The van der Waals surface area contributed by atoms with E-state index in [1.54, 1.807) is 4.90 Å². The molecule has 0 spiro atoms. The summed E-state index contributed by atoms with van der Waals surface area (Å²) in [7, 11) is 0. The molecule has 0 heterocycles. The summed E-state index contributed by atoms with van der Waals surface area (Å²) in [5.74, 6) is 0.114. The topological polar surface area (TPSA) is 50.8 Å². The number of carbonyl (C=O) groups is 1. The third kappa shape index (κ3) is 9.39. The van der Waals surface area contributed by atoms with E-state index >= 15 is 0 Å². The van der Waals surface area contributed by atoms with Crippen LogP contribution in [0, 0.1) is 0 Å². The molecule has 5 nitrogen and oxygen atoms in total. The zero-order valence-electron chi connectivity index (χ0n) is 12.0. The van der Waals surface area contributed by atoms with Crippen molar-refractivity contribution in [1.29, 1.82) is 0 Å². The maximum atomic E-state index is 12.0. The highest BCUT2D eigenvalue weighted by Crippen LogP contribution is 1.92. The maximum absolute atomic E-state index is 12.0. The molecule has 0 unspecified atom stereocenters. The second-order valence-electron chi connectivity index (χ2n) is 3.95. The normalized spacial score (nSPS) is 10.6. The first-order valence-electron chi connectivity index (χ1n) is 6.90.